The topological polar surface area (TPSA) is 110 Å². The van der Waals surface area contributed by atoms with Gasteiger partial charge in [0.2, 0.25) is 16.0 Å². The zero-order chi connectivity index (χ0) is 14.0. The number of nitrogens with zero attached hydrogens (tertiary/aromatic N) is 2. The minimum atomic E-state index is -3.25. The Hall–Kier alpha value is -1.41. The largest absolute Gasteiger partial charge is 0.368 e. The van der Waals surface area contributed by atoms with E-state index in [2.05, 4.69) is 20.0 Å². The van der Waals surface area contributed by atoms with Crippen LogP contribution in [0.3, 0.4) is 0 Å². The maximum atomic E-state index is 11.2. The van der Waals surface area contributed by atoms with Gasteiger partial charge in [0.15, 0.2) is 0 Å². The van der Waals surface area contributed by atoms with Crippen molar-refractivity contribution < 1.29 is 8.42 Å². The summed E-state index contributed by atoms with van der Waals surface area (Å²) in [6.07, 6.45) is 1.13. The number of hydrogen-bond acceptors (Lipinski definition) is 6. The molecular formula is C10H19N5O2S. The maximum Gasteiger partial charge on any atom is 0.222 e. The third-order valence-electron chi connectivity index (χ3n) is 2.04. The predicted molar refractivity (Wildman–Crippen MR) is 71.7 cm³/mol. The van der Waals surface area contributed by atoms with Gasteiger partial charge in [0.1, 0.15) is 5.82 Å². The van der Waals surface area contributed by atoms with E-state index >= 15 is 0 Å². The highest BCUT2D eigenvalue weighted by Gasteiger charge is 2.21. The Morgan fingerprint density at radius 2 is 2.00 bits per heavy atom. The number of hydrogen-bond donors (Lipinski definition) is 3. The van der Waals surface area contributed by atoms with Crippen LogP contribution in [0.4, 0.5) is 11.8 Å². The number of rotatable bonds is 5. The average molecular weight is 273 g/mol. The number of aromatic nitrogens is 2. The lowest BCUT2D eigenvalue weighted by molar-refractivity contribution is 0.476. The van der Waals surface area contributed by atoms with Crippen molar-refractivity contribution in [3.63, 3.8) is 0 Å². The molecule has 102 valence electrons. The second-order valence-corrected chi connectivity index (χ2v) is 6.61. The van der Waals surface area contributed by atoms with Gasteiger partial charge in [-0.1, -0.05) is 0 Å². The summed E-state index contributed by atoms with van der Waals surface area (Å²) in [6, 6.07) is 1.74. The average Bonchev–Trinajstić information content (AvgIpc) is 2.09. The molecule has 0 aliphatic carbocycles. The molecule has 0 unspecified atom stereocenters. The number of nitrogen functional groups attached to an aromatic ring is 1. The molecule has 4 N–H and O–H groups in total. The molecule has 1 heterocycles. The van der Waals surface area contributed by atoms with Gasteiger partial charge in [-0.05, 0) is 20.8 Å². The lowest BCUT2D eigenvalue weighted by Crippen LogP contribution is -2.47. The molecule has 1 aromatic rings. The highest BCUT2D eigenvalue weighted by atomic mass is 32.2. The van der Waals surface area contributed by atoms with E-state index in [1.165, 1.54) is 0 Å². The van der Waals surface area contributed by atoms with Gasteiger partial charge in [0.25, 0.3) is 0 Å². The van der Waals surface area contributed by atoms with Crippen LogP contribution < -0.4 is 15.8 Å². The fourth-order valence-corrected chi connectivity index (χ4v) is 2.61. The molecule has 0 saturated heterocycles. The molecular weight excluding hydrogens is 254 g/mol. The lowest BCUT2D eigenvalue weighted by atomic mass is 10.1. The van der Waals surface area contributed by atoms with Crippen molar-refractivity contribution in [1.29, 1.82) is 0 Å². The van der Waals surface area contributed by atoms with E-state index in [1.54, 1.807) is 19.9 Å². The summed E-state index contributed by atoms with van der Waals surface area (Å²) in [5, 5.41) is 3.03. The molecule has 0 fully saturated rings. The van der Waals surface area contributed by atoms with Crippen molar-refractivity contribution in [1.82, 2.24) is 14.7 Å². The minimum absolute atomic E-state index is 0.186. The molecule has 8 heteroatoms. The first-order valence-corrected chi connectivity index (χ1v) is 7.30. The molecule has 0 aromatic carbocycles. The Morgan fingerprint density at radius 3 is 2.50 bits per heavy atom. The number of sulfonamides is 1. The van der Waals surface area contributed by atoms with Gasteiger partial charge in [-0.25, -0.2) is 18.1 Å². The van der Waals surface area contributed by atoms with Crippen LogP contribution in [0.15, 0.2) is 6.07 Å². The summed E-state index contributed by atoms with van der Waals surface area (Å²) < 4.78 is 24.9. The number of anilines is 2. The molecule has 0 spiro atoms. The fraction of sp³-hybridized carbons (Fsp3) is 0.600. The van der Waals surface area contributed by atoms with E-state index in [9.17, 15) is 8.42 Å². The summed E-state index contributed by atoms with van der Waals surface area (Å²) in [4.78, 5) is 7.97. The monoisotopic (exact) mass is 273 g/mol. The summed E-state index contributed by atoms with van der Waals surface area (Å²) >= 11 is 0. The van der Waals surface area contributed by atoms with Crippen LogP contribution in [0.2, 0.25) is 0 Å². The third-order valence-corrected chi connectivity index (χ3v) is 2.97. The highest BCUT2D eigenvalue weighted by Crippen LogP contribution is 2.10. The van der Waals surface area contributed by atoms with E-state index in [4.69, 9.17) is 5.73 Å². The zero-order valence-corrected chi connectivity index (χ0v) is 11.8. The number of nitrogens with two attached hydrogens (primary N) is 1. The van der Waals surface area contributed by atoms with E-state index in [-0.39, 0.29) is 5.95 Å². The molecule has 0 aliphatic rings. The molecule has 0 aliphatic heterocycles. The molecule has 0 amide bonds. The van der Waals surface area contributed by atoms with Crippen molar-refractivity contribution in [3.05, 3.63) is 11.8 Å². The normalized spacial score (nSPS) is 12.4. The van der Waals surface area contributed by atoms with E-state index in [0.717, 1.165) is 11.9 Å². The van der Waals surface area contributed by atoms with Crippen LogP contribution in [0.1, 0.15) is 19.5 Å². The molecule has 0 bridgehead atoms. The molecule has 1 rings (SSSR count). The van der Waals surface area contributed by atoms with Crippen LogP contribution in [0, 0.1) is 6.92 Å². The van der Waals surface area contributed by atoms with Gasteiger partial charge in [-0.15, -0.1) is 0 Å². The minimum Gasteiger partial charge on any atom is -0.368 e. The Kier molecular flexibility index (Phi) is 4.12. The summed E-state index contributed by atoms with van der Waals surface area (Å²) in [5.41, 5.74) is 5.65. The number of nitrogens with one attached hydrogen (secondary N) is 2. The first kappa shape index (κ1) is 14.7. The second kappa shape index (κ2) is 5.07. The molecule has 7 nitrogen and oxygen atoms in total. The van der Waals surface area contributed by atoms with Crippen LogP contribution in [0.5, 0.6) is 0 Å². The fourth-order valence-electron chi connectivity index (χ4n) is 1.53. The molecule has 0 saturated carbocycles. The van der Waals surface area contributed by atoms with Crippen LogP contribution >= 0.6 is 0 Å². The summed E-state index contributed by atoms with van der Waals surface area (Å²) in [7, 11) is -3.25. The van der Waals surface area contributed by atoms with Crippen molar-refractivity contribution in [2.45, 2.75) is 26.3 Å². The summed E-state index contributed by atoms with van der Waals surface area (Å²) in [6.45, 7) is 5.75. The van der Waals surface area contributed by atoms with Gasteiger partial charge in [-0.2, -0.15) is 4.98 Å². The van der Waals surface area contributed by atoms with Gasteiger partial charge >= 0.3 is 0 Å². The molecule has 1 aromatic heterocycles. The molecule has 18 heavy (non-hydrogen) atoms. The Labute approximate surface area is 107 Å². The van der Waals surface area contributed by atoms with Crippen molar-refractivity contribution in [2.75, 3.05) is 23.9 Å². The Balaban J connectivity index is 2.69. The smallest absolute Gasteiger partial charge is 0.222 e. The third kappa shape index (κ3) is 5.28. The first-order chi connectivity index (χ1) is 8.07. The zero-order valence-electron chi connectivity index (χ0n) is 11.0. The van der Waals surface area contributed by atoms with Gasteiger partial charge in [0.05, 0.1) is 6.26 Å². The second-order valence-electron chi connectivity index (χ2n) is 4.86. The van der Waals surface area contributed by atoms with Crippen LogP contribution in [-0.2, 0) is 10.0 Å². The van der Waals surface area contributed by atoms with Gasteiger partial charge < -0.3 is 11.1 Å². The van der Waals surface area contributed by atoms with Gasteiger partial charge in [-0.3, -0.25) is 0 Å². The first-order valence-electron chi connectivity index (χ1n) is 5.41. The summed E-state index contributed by atoms with van der Waals surface area (Å²) in [5.74, 6) is 0.759. The SMILES string of the molecule is Cc1cc(NCC(C)(C)NS(C)(=O)=O)nc(N)n1. The Morgan fingerprint density at radius 1 is 1.39 bits per heavy atom. The van der Waals surface area contributed by atoms with Crippen molar-refractivity contribution in [3.8, 4) is 0 Å². The Bertz CT molecular complexity index is 507. The van der Waals surface area contributed by atoms with E-state index < -0.39 is 15.6 Å². The van der Waals surface area contributed by atoms with E-state index in [0.29, 0.717) is 12.4 Å². The van der Waals surface area contributed by atoms with Crippen molar-refractivity contribution >= 4 is 21.8 Å². The maximum absolute atomic E-state index is 11.2. The number of aryl methyl sites for hydroxylation is 1. The van der Waals surface area contributed by atoms with Crippen LogP contribution in [0.25, 0.3) is 0 Å². The predicted octanol–water partition coefficient (Wildman–Crippen LogP) is 0.107. The van der Waals surface area contributed by atoms with Crippen molar-refractivity contribution in [2.24, 2.45) is 0 Å². The molecule has 0 atom stereocenters. The lowest BCUT2D eigenvalue weighted by Gasteiger charge is -2.25. The van der Waals surface area contributed by atoms with E-state index in [1.807, 2.05) is 6.92 Å². The quantitative estimate of drug-likeness (QED) is 0.702. The molecule has 0 radical (unpaired) electrons. The standard InChI is InChI=1S/C10H19N5O2S/c1-7-5-8(14-9(11)13-7)12-6-10(2,3)15-18(4,16)17/h5,15H,6H2,1-4H3,(H3,11,12,13,14). The van der Waals surface area contributed by atoms with Gasteiger partial charge in [0, 0.05) is 23.8 Å². The highest BCUT2D eigenvalue weighted by molar-refractivity contribution is 7.88. The van der Waals surface area contributed by atoms with Crippen LogP contribution in [-0.4, -0.2) is 36.7 Å².